The van der Waals surface area contributed by atoms with Crippen molar-refractivity contribution in [1.29, 1.82) is 0 Å². The highest BCUT2D eigenvalue weighted by atomic mass is 35.5. The van der Waals surface area contributed by atoms with Crippen LogP contribution in [0.2, 0.25) is 8.67 Å². The monoisotopic (exact) mass is 279 g/mol. The quantitative estimate of drug-likeness (QED) is 0.808. The van der Waals surface area contributed by atoms with Gasteiger partial charge in [-0.25, -0.2) is 0 Å². The first-order chi connectivity index (χ1) is 7.21. The van der Waals surface area contributed by atoms with Crippen molar-refractivity contribution in [3.05, 3.63) is 20.3 Å². The van der Waals surface area contributed by atoms with E-state index in [1.54, 1.807) is 0 Å². The highest BCUT2D eigenvalue weighted by Gasteiger charge is 2.23. The van der Waals surface area contributed by atoms with E-state index in [9.17, 15) is 0 Å². The topological polar surface area (TPSA) is 12.0 Å². The molecule has 2 atom stereocenters. The zero-order chi connectivity index (χ0) is 12.5. The van der Waals surface area contributed by atoms with Crippen LogP contribution in [0.1, 0.15) is 46.2 Å². The van der Waals surface area contributed by atoms with E-state index in [1.165, 1.54) is 11.3 Å². The summed E-state index contributed by atoms with van der Waals surface area (Å²) in [5, 5.41) is 3.55. The lowest BCUT2D eigenvalue weighted by Crippen LogP contribution is -2.39. The Morgan fingerprint density at radius 1 is 1.25 bits per heavy atom. The molecule has 0 radical (unpaired) electrons. The first-order valence-electron chi connectivity index (χ1n) is 5.42. The molecule has 0 bridgehead atoms. The highest BCUT2D eigenvalue weighted by molar-refractivity contribution is 7.20. The Labute approximate surface area is 112 Å². The van der Waals surface area contributed by atoms with Gasteiger partial charge in [0.2, 0.25) is 0 Å². The van der Waals surface area contributed by atoms with E-state index in [2.05, 4.69) is 39.9 Å². The molecule has 0 aliphatic rings. The zero-order valence-corrected chi connectivity index (χ0v) is 12.7. The standard InChI is InChI=1S/C12H19Cl2NS/c1-7(15-8(2)12(3,4)5)9-6-10(13)16-11(9)14/h6-8,15H,1-5H3. The predicted octanol–water partition coefficient (Wildman–Crippen LogP) is 5.14. The normalized spacial score (nSPS) is 16.2. The first-order valence-corrected chi connectivity index (χ1v) is 7.00. The minimum atomic E-state index is 0.227. The Morgan fingerprint density at radius 3 is 2.19 bits per heavy atom. The summed E-state index contributed by atoms with van der Waals surface area (Å²) in [6, 6.07) is 2.59. The van der Waals surface area contributed by atoms with Crippen molar-refractivity contribution in [3.8, 4) is 0 Å². The van der Waals surface area contributed by atoms with E-state index < -0.39 is 0 Å². The summed E-state index contributed by atoms with van der Waals surface area (Å²) in [6.45, 7) is 11.0. The molecule has 1 heterocycles. The molecule has 1 N–H and O–H groups in total. The molecule has 16 heavy (non-hydrogen) atoms. The third-order valence-corrected chi connectivity index (χ3v) is 4.47. The van der Waals surface area contributed by atoms with Gasteiger partial charge in [-0.1, -0.05) is 44.0 Å². The van der Waals surface area contributed by atoms with Gasteiger partial charge in [-0.05, 0) is 30.9 Å². The molecular weight excluding hydrogens is 261 g/mol. The molecule has 0 saturated carbocycles. The summed E-state index contributed by atoms with van der Waals surface area (Å²) in [5.74, 6) is 0. The fourth-order valence-electron chi connectivity index (χ4n) is 1.36. The summed E-state index contributed by atoms with van der Waals surface area (Å²) in [6.07, 6.45) is 0. The van der Waals surface area contributed by atoms with Crippen LogP contribution in [-0.4, -0.2) is 6.04 Å². The maximum Gasteiger partial charge on any atom is 0.0991 e. The van der Waals surface area contributed by atoms with Crippen LogP contribution >= 0.6 is 34.5 Å². The van der Waals surface area contributed by atoms with Crippen LogP contribution in [0.5, 0.6) is 0 Å². The Bertz CT molecular complexity index is 354. The van der Waals surface area contributed by atoms with E-state index in [0.717, 1.165) is 14.2 Å². The van der Waals surface area contributed by atoms with Gasteiger partial charge in [-0.2, -0.15) is 0 Å². The summed E-state index contributed by atoms with van der Waals surface area (Å²) in [7, 11) is 0. The van der Waals surface area contributed by atoms with Gasteiger partial charge in [0.15, 0.2) is 0 Å². The van der Waals surface area contributed by atoms with Crippen molar-refractivity contribution >= 4 is 34.5 Å². The number of hydrogen-bond acceptors (Lipinski definition) is 2. The number of rotatable bonds is 3. The summed E-state index contributed by atoms with van der Waals surface area (Å²) in [4.78, 5) is 0. The van der Waals surface area contributed by atoms with Crippen molar-refractivity contribution in [3.63, 3.8) is 0 Å². The van der Waals surface area contributed by atoms with Gasteiger partial charge >= 0.3 is 0 Å². The van der Waals surface area contributed by atoms with Crippen LogP contribution in [0, 0.1) is 5.41 Å². The third kappa shape index (κ3) is 3.63. The highest BCUT2D eigenvalue weighted by Crippen LogP contribution is 2.35. The van der Waals surface area contributed by atoms with Crippen molar-refractivity contribution in [2.75, 3.05) is 0 Å². The molecule has 1 nitrogen and oxygen atoms in total. The Balaban J connectivity index is 2.73. The second kappa shape index (κ2) is 5.26. The summed E-state index contributed by atoms with van der Waals surface area (Å²) < 4.78 is 1.53. The van der Waals surface area contributed by atoms with E-state index in [1.807, 2.05) is 6.07 Å². The molecule has 0 aliphatic heterocycles. The molecule has 0 aromatic carbocycles. The minimum Gasteiger partial charge on any atom is -0.307 e. The third-order valence-electron chi connectivity index (χ3n) is 2.95. The number of hydrogen-bond donors (Lipinski definition) is 1. The largest absolute Gasteiger partial charge is 0.307 e. The van der Waals surface area contributed by atoms with E-state index in [0.29, 0.717) is 6.04 Å². The van der Waals surface area contributed by atoms with E-state index >= 15 is 0 Å². The van der Waals surface area contributed by atoms with E-state index in [4.69, 9.17) is 23.2 Å². The molecule has 0 amide bonds. The van der Waals surface area contributed by atoms with Crippen molar-refractivity contribution in [2.24, 2.45) is 5.41 Å². The van der Waals surface area contributed by atoms with Crippen LogP contribution in [0.15, 0.2) is 6.07 Å². The van der Waals surface area contributed by atoms with Gasteiger partial charge < -0.3 is 5.32 Å². The van der Waals surface area contributed by atoms with Crippen molar-refractivity contribution in [2.45, 2.75) is 46.7 Å². The van der Waals surface area contributed by atoms with Crippen LogP contribution < -0.4 is 5.32 Å². The maximum absolute atomic E-state index is 6.13. The molecule has 2 unspecified atom stereocenters. The molecule has 0 aliphatic carbocycles. The fourth-order valence-corrected chi connectivity index (χ4v) is 3.01. The van der Waals surface area contributed by atoms with Crippen molar-refractivity contribution < 1.29 is 0 Å². The number of halogens is 2. The zero-order valence-electron chi connectivity index (χ0n) is 10.4. The molecule has 92 valence electrons. The molecule has 0 fully saturated rings. The van der Waals surface area contributed by atoms with Crippen LogP contribution in [0.3, 0.4) is 0 Å². The Morgan fingerprint density at radius 2 is 1.81 bits per heavy atom. The minimum absolute atomic E-state index is 0.227. The smallest absolute Gasteiger partial charge is 0.0991 e. The van der Waals surface area contributed by atoms with Crippen LogP contribution in [0.4, 0.5) is 0 Å². The number of thiophene rings is 1. The lowest BCUT2D eigenvalue weighted by molar-refractivity contribution is 0.268. The van der Waals surface area contributed by atoms with Crippen molar-refractivity contribution in [1.82, 2.24) is 5.32 Å². The average molecular weight is 280 g/mol. The Hall–Kier alpha value is 0.240. The first kappa shape index (κ1) is 14.3. The second-order valence-corrected chi connectivity index (χ2v) is 7.54. The predicted molar refractivity (Wildman–Crippen MR) is 74.8 cm³/mol. The second-order valence-electron chi connectivity index (χ2n) is 5.26. The lowest BCUT2D eigenvalue weighted by Gasteiger charge is -2.31. The molecular formula is C12H19Cl2NS. The van der Waals surface area contributed by atoms with Gasteiger partial charge in [-0.15, -0.1) is 11.3 Å². The number of nitrogens with one attached hydrogen (secondary N) is 1. The SMILES string of the molecule is CC(NC(C)C(C)(C)C)c1cc(Cl)sc1Cl. The van der Waals surface area contributed by atoms with Gasteiger partial charge in [0, 0.05) is 12.1 Å². The Kier molecular flexibility index (Phi) is 4.70. The molecule has 1 aromatic heterocycles. The summed E-state index contributed by atoms with van der Waals surface area (Å²) >= 11 is 13.5. The van der Waals surface area contributed by atoms with Gasteiger partial charge in [-0.3, -0.25) is 0 Å². The molecule has 0 spiro atoms. The molecule has 0 saturated heterocycles. The maximum atomic E-state index is 6.13. The van der Waals surface area contributed by atoms with Crippen LogP contribution in [0.25, 0.3) is 0 Å². The van der Waals surface area contributed by atoms with Gasteiger partial charge in [0.1, 0.15) is 0 Å². The summed E-state index contributed by atoms with van der Waals surface area (Å²) in [5.41, 5.74) is 1.33. The molecule has 1 aromatic rings. The van der Waals surface area contributed by atoms with Gasteiger partial charge in [0.25, 0.3) is 0 Å². The van der Waals surface area contributed by atoms with E-state index in [-0.39, 0.29) is 11.5 Å². The van der Waals surface area contributed by atoms with Crippen LogP contribution in [-0.2, 0) is 0 Å². The molecule has 4 heteroatoms. The van der Waals surface area contributed by atoms with Gasteiger partial charge in [0.05, 0.1) is 8.67 Å². The average Bonchev–Trinajstić information content (AvgIpc) is 2.43. The molecule has 1 rings (SSSR count). The fraction of sp³-hybridized carbons (Fsp3) is 0.667. The lowest BCUT2D eigenvalue weighted by atomic mass is 9.87.